The van der Waals surface area contributed by atoms with E-state index in [2.05, 4.69) is 13.5 Å². The molecule has 3 atom stereocenters. The summed E-state index contributed by atoms with van der Waals surface area (Å²) in [7, 11) is 0. The van der Waals surface area contributed by atoms with Gasteiger partial charge in [0, 0.05) is 11.9 Å². The van der Waals surface area contributed by atoms with Gasteiger partial charge < -0.3 is 10.8 Å². The number of rotatable bonds is 7. The van der Waals surface area contributed by atoms with Crippen molar-refractivity contribution in [2.45, 2.75) is 38.3 Å². The first kappa shape index (κ1) is 12.9. The molecule has 0 spiro atoms. The molecule has 78 valence electrons. The molecule has 0 aromatic heterocycles. The molecular formula is C10H20ClNO. The molecule has 0 saturated carbocycles. The van der Waals surface area contributed by atoms with E-state index in [0.717, 1.165) is 19.3 Å². The molecule has 3 heteroatoms. The van der Waals surface area contributed by atoms with E-state index in [1.54, 1.807) is 0 Å². The lowest BCUT2D eigenvalue weighted by atomic mass is 9.95. The van der Waals surface area contributed by atoms with Crippen molar-refractivity contribution in [3.8, 4) is 0 Å². The van der Waals surface area contributed by atoms with Gasteiger partial charge in [0.25, 0.3) is 0 Å². The van der Waals surface area contributed by atoms with Gasteiger partial charge in [-0.3, -0.25) is 0 Å². The Balaban J connectivity index is 3.63. The van der Waals surface area contributed by atoms with Gasteiger partial charge in [-0.1, -0.05) is 13.0 Å². The van der Waals surface area contributed by atoms with Gasteiger partial charge in [-0.2, -0.15) is 0 Å². The number of halogens is 1. The Morgan fingerprint density at radius 1 is 1.62 bits per heavy atom. The van der Waals surface area contributed by atoms with Crippen molar-refractivity contribution < 1.29 is 5.11 Å². The van der Waals surface area contributed by atoms with Crippen molar-refractivity contribution in [3.05, 3.63) is 12.7 Å². The Kier molecular flexibility index (Phi) is 7.33. The number of hydrogen-bond donors (Lipinski definition) is 2. The van der Waals surface area contributed by atoms with E-state index in [-0.39, 0.29) is 11.9 Å². The minimum atomic E-state index is -0.576. The quantitative estimate of drug-likeness (QED) is 0.493. The highest BCUT2D eigenvalue weighted by atomic mass is 35.5. The Hall–Kier alpha value is -0.0500. The maximum Gasteiger partial charge on any atom is 0.0826 e. The summed E-state index contributed by atoms with van der Waals surface area (Å²) in [4.78, 5) is 0. The van der Waals surface area contributed by atoms with Crippen molar-refractivity contribution in [2.24, 2.45) is 11.7 Å². The SMILES string of the molecule is C=CCCC(C)CC(N)C(O)CCl. The third-order valence-electron chi connectivity index (χ3n) is 2.19. The van der Waals surface area contributed by atoms with Crippen LogP contribution in [-0.4, -0.2) is 23.1 Å². The molecule has 0 fully saturated rings. The Bertz CT molecular complexity index is 141. The highest BCUT2D eigenvalue weighted by Crippen LogP contribution is 2.14. The van der Waals surface area contributed by atoms with Crippen LogP contribution >= 0.6 is 11.6 Å². The maximum atomic E-state index is 9.32. The fourth-order valence-electron chi connectivity index (χ4n) is 1.26. The second kappa shape index (κ2) is 7.36. The molecule has 3 unspecified atom stereocenters. The topological polar surface area (TPSA) is 46.2 Å². The third-order valence-corrected chi connectivity index (χ3v) is 2.51. The molecule has 2 nitrogen and oxygen atoms in total. The summed E-state index contributed by atoms with van der Waals surface area (Å²) in [6.45, 7) is 5.79. The average Bonchev–Trinajstić information content (AvgIpc) is 2.13. The largest absolute Gasteiger partial charge is 0.390 e. The summed E-state index contributed by atoms with van der Waals surface area (Å²) < 4.78 is 0. The standard InChI is InChI=1S/C10H20ClNO/c1-3-4-5-8(2)6-9(12)10(13)7-11/h3,8-10,13H,1,4-7,12H2,2H3. The van der Waals surface area contributed by atoms with E-state index in [4.69, 9.17) is 17.3 Å². The predicted molar refractivity (Wildman–Crippen MR) is 57.9 cm³/mol. The van der Waals surface area contributed by atoms with Crippen LogP contribution in [0.4, 0.5) is 0 Å². The second-order valence-electron chi connectivity index (χ2n) is 3.59. The minimum absolute atomic E-state index is 0.197. The van der Waals surface area contributed by atoms with Crippen LogP contribution in [-0.2, 0) is 0 Å². The van der Waals surface area contributed by atoms with Crippen molar-refractivity contribution in [3.63, 3.8) is 0 Å². The Labute approximate surface area is 85.8 Å². The Morgan fingerprint density at radius 3 is 2.69 bits per heavy atom. The van der Waals surface area contributed by atoms with Crippen molar-refractivity contribution in [2.75, 3.05) is 5.88 Å². The highest BCUT2D eigenvalue weighted by molar-refractivity contribution is 6.18. The number of aliphatic hydroxyl groups is 1. The molecule has 13 heavy (non-hydrogen) atoms. The van der Waals surface area contributed by atoms with E-state index < -0.39 is 6.10 Å². The average molecular weight is 206 g/mol. The fourth-order valence-corrected chi connectivity index (χ4v) is 1.49. The van der Waals surface area contributed by atoms with E-state index >= 15 is 0 Å². The van der Waals surface area contributed by atoms with Gasteiger partial charge in [0.1, 0.15) is 0 Å². The monoisotopic (exact) mass is 205 g/mol. The van der Waals surface area contributed by atoms with E-state index in [1.165, 1.54) is 0 Å². The van der Waals surface area contributed by atoms with Crippen molar-refractivity contribution in [1.29, 1.82) is 0 Å². The zero-order chi connectivity index (χ0) is 10.3. The highest BCUT2D eigenvalue weighted by Gasteiger charge is 2.16. The van der Waals surface area contributed by atoms with Gasteiger partial charge in [-0.25, -0.2) is 0 Å². The van der Waals surface area contributed by atoms with Crippen molar-refractivity contribution in [1.82, 2.24) is 0 Å². The van der Waals surface area contributed by atoms with Crippen LogP contribution in [0.2, 0.25) is 0 Å². The number of nitrogens with two attached hydrogens (primary N) is 1. The lowest BCUT2D eigenvalue weighted by molar-refractivity contribution is 0.153. The minimum Gasteiger partial charge on any atom is -0.390 e. The van der Waals surface area contributed by atoms with E-state index in [0.29, 0.717) is 5.92 Å². The van der Waals surface area contributed by atoms with Gasteiger partial charge in [0.05, 0.1) is 6.10 Å². The molecule has 0 aliphatic carbocycles. The van der Waals surface area contributed by atoms with Gasteiger partial charge in [0.15, 0.2) is 0 Å². The summed E-state index contributed by atoms with van der Waals surface area (Å²) in [5.41, 5.74) is 5.74. The second-order valence-corrected chi connectivity index (χ2v) is 3.90. The smallest absolute Gasteiger partial charge is 0.0826 e. The maximum absolute atomic E-state index is 9.32. The molecule has 0 bridgehead atoms. The van der Waals surface area contributed by atoms with E-state index in [1.807, 2.05) is 6.08 Å². The molecular weight excluding hydrogens is 186 g/mol. The molecule has 0 rings (SSSR count). The summed E-state index contributed by atoms with van der Waals surface area (Å²) in [6.07, 6.45) is 4.23. The number of aliphatic hydroxyl groups excluding tert-OH is 1. The van der Waals surface area contributed by atoms with Gasteiger partial charge in [-0.15, -0.1) is 18.2 Å². The molecule has 0 aromatic rings. The normalized spacial score (nSPS) is 17.8. The number of alkyl halides is 1. The molecule has 0 aliphatic rings. The van der Waals surface area contributed by atoms with Gasteiger partial charge >= 0.3 is 0 Å². The summed E-state index contributed by atoms with van der Waals surface area (Å²) in [5.74, 6) is 0.737. The third kappa shape index (κ3) is 6.08. The number of hydrogen-bond acceptors (Lipinski definition) is 2. The van der Waals surface area contributed by atoms with Gasteiger partial charge in [-0.05, 0) is 25.2 Å². The van der Waals surface area contributed by atoms with Crippen LogP contribution in [0.1, 0.15) is 26.2 Å². The molecule has 0 aliphatic heterocycles. The molecule has 0 aromatic carbocycles. The van der Waals surface area contributed by atoms with Crippen LogP contribution in [0.3, 0.4) is 0 Å². The zero-order valence-electron chi connectivity index (χ0n) is 8.25. The molecule has 0 radical (unpaired) electrons. The van der Waals surface area contributed by atoms with Crippen LogP contribution < -0.4 is 5.73 Å². The Morgan fingerprint density at radius 2 is 2.23 bits per heavy atom. The van der Waals surface area contributed by atoms with Crippen LogP contribution in [0, 0.1) is 5.92 Å². The predicted octanol–water partition coefficient (Wildman–Crippen LogP) is 1.91. The van der Waals surface area contributed by atoms with Gasteiger partial charge in [0.2, 0.25) is 0 Å². The molecule has 0 saturated heterocycles. The molecule has 3 N–H and O–H groups in total. The van der Waals surface area contributed by atoms with Crippen LogP contribution in [0.5, 0.6) is 0 Å². The van der Waals surface area contributed by atoms with Crippen molar-refractivity contribution >= 4 is 11.6 Å². The lowest BCUT2D eigenvalue weighted by Gasteiger charge is -2.20. The first-order valence-corrected chi connectivity index (χ1v) is 5.25. The first-order valence-electron chi connectivity index (χ1n) is 4.72. The first-order chi connectivity index (χ1) is 6.11. The number of allylic oxidation sites excluding steroid dienone is 1. The lowest BCUT2D eigenvalue weighted by Crippen LogP contribution is -2.37. The summed E-state index contributed by atoms with van der Waals surface area (Å²) >= 11 is 5.49. The van der Waals surface area contributed by atoms with E-state index in [9.17, 15) is 5.11 Å². The fraction of sp³-hybridized carbons (Fsp3) is 0.800. The molecule has 0 heterocycles. The van der Waals surface area contributed by atoms with Crippen LogP contribution in [0.25, 0.3) is 0 Å². The van der Waals surface area contributed by atoms with Crippen LogP contribution in [0.15, 0.2) is 12.7 Å². The molecule has 0 amide bonds. The summed E-state index contributed by atoms with van der Waals surface area (Å²) in [5, 5.41) is 9.32. The summed E-state index contributed by atoms with van der Waals surface area (Å²) in [6, 6.07) is -0.197. The zero-order valence-corrected chi connectivity index (χ0v) is 9.00.